The summed E-state index contributed by atoms with van der Waals surface area (Å²) >= 11 is 0. The highest BCUT2D eigenvalue weighted by Crippen LogP contribution is 2.14. The third kappa shape index (κ3) is 5.39. The summed E-state index contributed by atoms with van der Waals surface area (Å²) in [6.07, 6.45) is 0.388. The van der Waals surface area contributed by atoms with Crippen LogP contribution in [0.25, 0.3) is 0 Å². The number of hydrogen-bond donors (Lipinski definition) is 1. The maximum atomic E-state index is 12.4. The fourth-order valence-corrected chi connectivity index (χ4v) is 2.68. The molecule has 0 bridgehead atoms. The topological polar surface area (TPSA) is 72.5 Å². The molecular weight excluding hydrogens is 366 g/mol. The van der Waals surface area contributed by atoms with Crippen LogP contribution in [0.2, 0.25) is 0 Å². The second-order valence-electron chi connectivity index (χ2n) is 6.45. The maximum Gasteiger partial charge on any atom is 0.338 e. The van der Waals surface area contributed by atoms with E-state index in [1.165, 1.54) is 0 Å². The number of carbonyl (C=O) groups is 3. The standard InChI is InChI=1S/C24H21NO4/c1-2-22(26)25-21-14-12-20(13-15-21)24(28)29-16-17-8-10-19(11-9-17)23(27)18-6-4-3-5-7-18/h3-15H,2,16H2,1H3,(H,25,26). The van der Waals surface area contributed by atoms with E-state index in [1.807, 2.05) is 18.2 Å². The van der Waals surface area contributed by atoms with E-state index >= 15 is 0 Å². The molecule has 0 unspecified atom stereocenters. The first-order valence-electron chi connectivity index (χ1n) is 9.32. The minimum absolute atomic E-state index is 0.0515. The molecule has 5 heteroatoms. The number of ether oxygens (including phenoxy) is 1. The van der Waals surface area contributed by atoms with Crippen LogP contribution in [0.3, 0.4) is 0 Å². The molecule has 0 radical (unpaired) electrons. The van der Waals surface area contributed by atoms with E-state index in [1.54, 1.807) is 67.6 Å². The molecule has 0 saturated carbocycles. The van der Waals surface area contributed by atoms with E-state index in [0.717, 1.165) is 5.56 Å². The molecule has 1 N–H and O–H groups in total. The van der Waals surface area contributed by atoms with Crippen molar-refractivity contribution in [2.75, 3.05) is 5.32 Å². The van der Waals surface area contributed by atoms with E-state index in [4.69, 9.17) is 4.74 Å². The summed E-state index contributed by atoms with van der Waals surface area (Å²) in [6, 6.07) is 22.6. The zero-order valence-electron chi connectivity index (χ0n) is 16.1. The molecule has 29 heavy (non-hydrogen) atoms. The lowest BCUT2D eigenvalue weighted by molar-refractivity contribution is -0.115. The third-order valence-electron chi connectivity index (χ3n) is 4.35. The smallest absolute Gasteiger partial charge is 0.338 e. The van der Waals surface area contributed by atoms with Crippen LogP contribution in [-0.2, 0) is 16.1 Å². The zero-order chi connectivity index (χ0) is 20.6. The van der Waals surface area contributed by atoms with Crippen LogP contribution in [0.5, 0.6) is 0 Å². The lowest BCUT2D eigenvalue weighted by Crippen LogP contribution is -2.10. The quantitative estimate of drug-likeness (QED) is 0.474. The molecule has 3 aromatic carbocycles. The Morgan fingerprint density at radius 3 is 1.97 bits per heavy atom. The lowest BCUT2D eigenvalue weighted by atomic mass is 10.0. The SMILES string of the molecule is CCC(=O)Nc1ccc(C(=O)OCc2ccc(C(=O)c3ccccc3)cc2)cc1. The average Bonchev–Trinajstić information content (AvgIpc) is 2.78. The van der Waals surface area contributed by atoms with E-state index in [2.05, 4.69) is 5.32 Å². The highest BCUT2D eigenvalue weighted by Gasteiger charge is 2.10. The van der Waals surface area contributed by atoms with Gasteiger partial charge in [0.1, 0.15) is 6.61 Å². The first-order chi connectivity index (χ1) is 14.1. The first-order valence-corrected chi connectivity index (χ1v) is 9.32. The molecule has 5 nitrogen and oxygen atoms in total. The summed E-state index contributed by atoms with van der Waals surface area (Å²) in [5, 5.41) is 2.72. The van der Waals surface area contributed by atoms with Crippen molar-refractivity contribution in [2.45, 2.75) is 20.0 Å². The molecule has 0 heterocycles. The van der Waals surface area contributed by atoms with Crippen LogP contribution >= 0.6 is 0 Å². The van der Waals surface area contributed by atoms with Gasteiger partial charge in [0, 0.05) is 23.2 Å². The number of nitrogens with one attached hydrogen (secondary N) is 1. The lowest BCUT2D eigenvalue weighted by Gasteiger charge is -2.07. The number of rotatable bonds is 7. The maximum absolute atomic E-state index is 12.4. The minimum atomic E-state index is -0.456. The third-order valence-corrected chi connectivity index (χ3v) is 4.35. The van der Waals surface area contributed by atoms with Gasteiger partial charge in [-0.2, -0.15) is 0 Å². The Morgan fingerprint density at radius 1 is 0.759 bits per heavy atom. The number of anilines is 1. The zero-order valence-corrected chi connectivity index (χ0v) is 16.1. The van der Waals surface area contributed by atoms with Crippen LogP contribution in [0.15, 0.2) is 78.9 Å². The Bertz CT molecular complexity index is 993. The van der Waals surface area contributed by atoms with Crippen molar-refractivity contribution >= 4 is 23.3 Å². The predicted octanol–water partition coefficient (Wildman–Crippen LogP) is 4.62. The van der Waals surface area contributed by atoms with Crippen LogP contribution in [0, 0.1) is 0 Å². The fourth-order valence-electron chi connectivity index (χ4n) is 2.68. The molecule has 0 spiro atoms. The number of amides is 1. The second-order valence-corrected chi connectivity index (χ2v) is 6.45. The van der Waals surface area contributed by atoms with Gasteiger partial charge in [0.2, 0.25) is 5.91 Å². The molecule has 0 atom stereocenters. The summed E-state index contributed by atoms with van der Waals surface area (Å²) in [7, 11) is 0. The molecule has 0 aromatic heterocycles. The van der Waals surface area contributed by atoms with E-state index in [9.17, 15) is 14.4 Å². The number of hydrogen-bond acceptors (Lipinski definition) is 4. The van der Waals surface area contributed by atoms with E-state index in [-0.39, 0.29) is 18.3 Å². The highest BCUT2D eigenvalue weighted by molar-refractivity contribution is 6.08. The van der Waals surface area contributed by atoms with Gasteiger partial charge in [-0.25, -0.2) is 4.79 Å². The van der Waals surface area contributed by atoms with Crippen LogP contribution < -0.4 is 5.32 Å². The largest absolute Gasteiger partial charge is 0.457 e. The molecule has 3 aromatic rings. The summed E-state index contributed by atoms with van der Waals surface area (Å²) in [5.74, 6) is -0.596. The van der Waals surface area contributed by atoms with Crippen molar-refractivity contribution in [2.24, 2.45) is 0 Å². The Hall–Kier alpha value is -3.73. The van der Waals surface area contributed by atoms with Crippen LogP contribution in [-0.4, -0.2) is 17.7 Å². The Kier molecular flexibility index (Phi) is 6.53. The Balaban J connectivity index is 1.56. The van der Waals surface area contributed by atoms with Gasteiger partial charge in [-0.05, 0) is 29.8 Å². The summed E-state index contributed by atoms with van der Waals surface area (Å²) in [6.45, 7) is 1.87. The van der Waals surface area contributed by atoms with Gasteiger partial charge in [-0.15, -0.1) is 0 Å². The predicted molar refractivity (Wildman–Crippen MR) is 111 cm³/mol. The van der Waals surface area contributed by atoms with Crippen molar-refractivity contribution in [3.8, 4) is 0 Å². The molecule has 0 aliphatic carbocycles. The second kappa shape index (κ2) is 9.46. The summed E-state index contributed by atoms with van der Waals surface area (Å²) in [5.41, 5.74) is 3.03. The number of ketones is 1. The van der Waals surface area contributed by atoms with E-state index in [0.29, 0.717) is 28.8 Å². The van der Waals surface area contributed by atoms with Crippen molar-refractivity contribution < 1.29 is 19.1 Å². The van der Waals surface area contributed by atoms with Crippen molar-refractivity contribution in [1.29, 1.82) is 0 Å². The van der Waals surface area contributed by atoms with Crippen LogP contribution in [0.1, 0.15) is 45.2 Å². The number of carbonyl (C=O) groups excluding carboxylic acids is 3. The Morgan fingerprint density at radius 2 is 1.34 bits per heavy atom. The van der Waals surface area contributed by atoms with Crippen molar-refractivity contribution in [3.63, 3.8) is 0 Å². The van der Waals surface area contributed by atoms with Crippen LogP contribution in [0.4, 0.5) is 5.69 Å². The monoisotopic (exact) mass is 387 g/mol. The first kappa shape index (κ1) is 20.0. The van der Waals surface area contributed by atoms with Gasteiger partial charge < -0.3 is 10.1 Å². The average molecular weight is 387 g/mol. The number of benzene rings is 3. The molecule has 0 aliphatic rings. The van der Waals surface area contributed by atoms with Crippen molar-refractivity contribution in [1.82, 2.24) is 0 Å². The van der Waals surface area contributed by atoms with Gasteiger partial charge in [-0.3, -0.25) is 9.59 Å². The normalized spacial score (nSPS) is 10.2. The van der Waals surface area contributed by atoms with Gasteiger partial charge in [0.25, 0.3) is 0 Å². The van der Waals surface area contributed by atoms with Gasteiger partial charge in [-0.1, -0.05) is 61.5 Å². The van der Waals surface area contributed by atoms with Gasteiger partial charge in [0.15, 0.2) is 5.78 Å². The van der Waals surface area contributed by atoms with Gasteiger partial charge in [0.05, 0.1) is 5.56 Å². The molecule has 0 fully saturated rings. The summed E-state index contributed by atoms with van der Waals surface area (Å²) in [4.78, 5) is 36.0. The Labute approximate surface area is 169 Å². The summed E-state index contributed by atoms with van der Waals surface area (Å²) < 4.78 is 5.33. The fraction of sp³-hybridized carbons (Fsp3) is 0.125. The molecular formula is C24H21NO4. The molecule has 0 saturated heterocycles. The minimum Gasteiger partial charge on any atom is -0.457 e. The van der Waals surface area contributed by atoms with Gasteiger partial charge >= 0.3 is 5.97 Å². The molecule has 146 valence electrons. The van der Waals surface area contributed by atoms with Crippen molar-refractivity contribution in [3.05, 3.63) is 101 Å². The number of esters is 1. The molecule has 0 aliphatic heterocycles. The molecule has 3 rings (SSSR count). The highest BCUT2D eigenvalue weighted by atomic mass is 16.5. The van der Waals surface area contributed by atoms with E-state index < -0.39 is 5.97 Å². The molecule has 1 amide bonds.